The van der Waals surface area contributed by atoms with E-state index >= 15 is 0 Å². The highest BCUT2D eigenvalue weighted by Crippen LogP contribution is 2.19. The number of halogens is 1. The highest BCUT2D eigenvalue weighted by molar-refractivity contribution is 6.30. The van der Waals surface area contributed by atoms with Crippen molar-refractivity contribution in [3.8, 4) is 5.75 Å². The molecular formula is C24H31ClN2O2. The molecule has 1 saturated heterocycles. The second kappa shape index (κ2) is 10.7. The van der Waals surface area contributed by atoms with Crippen molar-refractivity contribution in [3.63, 3.8) is 0 Å². The number of amides is 1. The van der Waals surface area contributed by atoms with Crippen molar-refractivity contribution in [2.45, 2.75) is 33.2 Å². The summed E-state index contributed by atoms with van der Waals surface area (Å²) >= 11 is 6.03. The van der Waals surface area contributed by atoms with Gasteiger partial charge in [-0.05, 0) is 74.7 Å². The van der Waals surface area contributed by atoms with Gasteiger partial charge in [-0.25, -0.2) is 0 Å². The Morgan fingerprint density at radius 3 is 2.59 bits per heavy atom. The lowest BCUT2D eigenvalue weighted by Crippen LogP contribution is -2.41. The third kappa shape index (κ3) is 6.48. The van der Waals surface area contributed by atoms with Crippen LogP contribution in [0.25, 0.3) is 0 Å². The van der Waals surface area contributed by atoms with E-state index < -0.39 is 0 Å². The minimum absolute atomic E-state index is 0.0341. The molecule has 0 aromatic heterocycles. The highest BCUT2D eigenvalue weighted by Gasteiger charge is 2.20. The molecule has 0 radical (unpaired) electrons. The van der Waals surface area contributed by atoms with Crippen LogP contribution in [0.4, 0.5) is 0 Å². The lowest BCUT2D eigenvalue weighted by molar-refractivity contribution is 0.0709. The van der Waals surface area contributed by atoms with E-state index in [9.17, 15) is 4.79 Å². The number of hydrogen-bond donors (Lipinski definition) is 0. The first kappa shape index (κ1) is 21.7. The summed E-state index contributed by atoms with van der Waals surface area (Å²) in [6.45, 7) is 9.25. The largest absolute Gasteiger partial charge is 0.494 e. The Labute approximate surface area is 179 Å². The lowest BCUT2D eigenvalue weighted by Gasteiger charge is -2.32. The summed E-state index contributed by atoms with van der Waals surface area (Å²) in [7, 11) is 0. The minimum atomic E-state index is 0.0341. The first-order valence-corrected chi connectivity index (χ1v) is 10.9. The van der Waals surface area contributed by atoms with E-state index in [4.69, 9.17) is 16.3 Å². The topological polar surface area (TPSA) is 32.8 Å². The summed E-state index contributed by atoms with van der Waals surface area (Å²) in [6.07, 6.45) is 2.48. The maximum absolute atomic E-state index is 13.3. The van der Waals surface area contributed by atoms with E-state index in [1.807, 2.05) is 60.4 Å². The van der Waals surface area contributed by atoms with Crippen LogP contribution in [0, 0.1) is 5.92 Å². The molecule has 1 heterocycles. The highest BCUT2D eigenvalue weighted by atomic mass is 35.5. The summed E-state index contributed by atoms with van der Waals surface area (Å²) in [4.78, 5) is 17.7. The number of hydrogen-bond acceptors (Lipinski definition) is 3. The lowest BCUT2D eigenvalue weighted by atomic mass is 9.99. The normalized spacial score (nSPS) is 15.3. The molecule has 1 aliphatic heterocycles. The van der Waals surface area contributed by atoms with E-state index in [1.165, 1.54) is 12.8 Å². The van der Waals surface area contributed by atoms with Gasteiger partial charge in [0.15, 0.2) is 0 Å². The molecule has 1 aliphatic rings. The Hall–Kier alpha value is -2.04. The molecule has 1 fully saturated rings. The third-order valence-corrected chi connectivity index (χ3v) is 5.78. The first-order chi connectivity index (χ1) is 14.0. The molecule has 2 aromatic carbocycles. The van der Waals surface area contributed by atoms with E-state index in [2.05, 4.69) is 11.8 Å². The number of rotatable bonds is 8. The number of carbonyl (C=O) groups excluding carboxylic acids is 1. The number of likely N-dealkylation sites (tertiary alicyclic amines) is 1. The fourth-order valence-electron chi connectivity index (χ4n) is 3.68. The maximum Gasteiger partial charge on any atom is 0.254 e. The monoisotopic (exact) mass is 414 g/mol. The van der Waals surface area contributed by atoms with Crippen LogP contribution in [-0.2, 0) is 6.54 Å². The number of ether oxygens (including phenoxy) is 1. The Morgan fingerprint density at radius 1 is 1.17 bits per heavy atom. The molecule has 0 saturated carbocycles. The first-order valence-electron chi connectivity index (χ1n) is 10.5. The van der Waals surface area contributed by atoms with E-state index in [-0.39, 0.29) is 5.91 Å². The zero-order valence-electron chi connectivity index (χ0n) is 17.4. The number of carbonyl (C=O) groups is 1. The summed E-state index contributed by atoms with van der Waals surface area (Å²) < 4.78 is 5.58. The molecule has 3 rings (SSSR count). The molecule has 29 heavy (non-hydrogen) atoms. The maximum atomic E-state index is 13.3. The van der Waals surface area contributed by atoms with Crippen molar-refractivity contribution in [2.24, 2.45) is 5.92 Å². The fourth-order valence-corrected chi connectivity index (χ4v) is 3.80. The Bertz CT molecular complexity index is 786. The van der Waals surface area contributed by atoms with Gasteiger partial charge in [0.25, 0.3) is 5.91 Å². The molecule has 156 valence electrons. The molecule has 0 spiro atoms. The van der Waals surface area contributed by atoms with Gasteiger partial charge >= 0.3 is 0 Å². The summed E-state index contributed by atoms with van der Waals surface area (Å²) in [5.74, 6) is 1.57. The number of benzene rings is 2. The molecule has 4 nitrogen and oxygen atoms in total. The van der Waals surface area contributed by atoms with Gasteiger partial charge in [0.2, 0.25) is 0 Å². The minimum Gasteiger partial charge on any atom is -0.494 e. The standard InChI is InChI=1S/C24H31ClN2O2/c1-3-29-23-6-4-5-21(17-23)24(28)27(18-20-7-9-22(25)10-8-20)16-15-26-13-11-19(2)12-14-26/h4-10,17,19H,3,11-16,18H2,1-2H3. The zero-order valence-corrected chi connectivity index (χ0v) is 18.2. The molecule has 0 unspecified atom stereocenters. The van der Waals surface area contributed by atoms with Gasteiger partial charge in [0.1, 0.15) is 5.75 Å². The summed E-state index contributed by atoms with van der Waals surface area (Å²) in [6, 6.07) is 15.2. The van der Waals surface area contributed by atoms with Gasteiger partial charge in [-0.2, -0.15) is 0 Å². The summed E-state index contributed by atoms with van der Waals surface area (Å²) in [5.41, 5.74) is 1.74. The van der Waals surface area contributed by atoms with Crippen LogP contribution in [0.3, 0.4) is 0 Å². The van der Waals surface area contributed by atoms with Crippen LogP contribution in [0.2, 0.25) is 5.02 Å². The van der Waals surface area contributed by atoms with Gasteiger partial charge in [-0.1, -0.05) is 36.7 Å². The summed E-state index contributed by atoms with van der Waals surface area (Å²) in [5, 5.41) is 0.707. The Balaban J connectivity index is 1.72. The van der Waals surface area contributed by atoms with Crippen LogP contribution < -0.4 is 4.74 Å². The van der Waals surface area contributed by atoms with Gasteiger partial charge in [-0.3, -0.25) is 4.79 Å². The smallest absolute Gasteiger partial charge is 0.254 e. The Morgan fingerprint density at radius 2 is 1.90 bits per heavy atom. The van der Waals surface area contributed by atoms with Crippen molar-refractivity contribution in [1.82, 2.24) is 9.80 Å². The molecule has 0 N–H and O–H groups in total. The van der Waals surface area contributed by atoms with Gasteiger partial charge in [-0.15, -0.1) is 0 Å². The van der Waals surface area contributed by atoms with Crippen molar-refractivity contribution < 1.29 is 9.53 Å². The average molecular weight is 415 g/mol. The van der Waals surface area contributed by atoms with Crippen LogP contribution in [0.15, 0.2) is 48.5 Å². The van der Waals surface area contributed by atoms with Crippen LogP contribution in [-0.4, -0.2) is 48.5 Å². The quantitative estimate of drug-likeness (QED) is 0.601. The van der Waals surface area contributed by atoms with Crippen LogP contribution in [0.5, 0.6) is 5.75 Å². The molecule has 5 heteroatoms. The molecule has 0 atom stereocenters. The molecule has 0 aliphatic carbocycles. The van der Waals surface area contributed by atoms with E-state index in [0.29, 0.717) is 30.3 Å². The van der Waals surface area contributed by atoms with Crippen LogP contribution >= 0.6 is 11.6 Å². The SMILES string of the molecule is CCOc1cccc(C(=O)N(CCN2CCC(C)CC2)Cc2ccc(Cl)cc2)c1. The molecular weight excluding hydrogens is 384 g/mol. The number of piperidine rings is 1. The Kier molecular flexibility index (Phi) is 7.96. The third-order valence-electron chi connectivity index (χ3n) is 5.53. The van der Waals surface area contributed by atoms with Crippen LogP contribution in [0.1, 0.15) is 42.6 Å². The number of nitrogens with zero attached hydrogens (tertiary/aromatic N) is 2. The van der Waals surface area contributed by atoms with Gasteiger partial charge in [0.05, 0.1) is 6.61 Å². The fraction of sp³-hybridized carbons (Fsp3) is 0.458. The van der Waals surface area contributed by atoms with Crippen molar-refractivity contribution >= 4 is 17.5 Å². The molecule has 0 bridgehead atoms. The van der Waals surface area contributed by atoms with Crippen molar-refractivity contribution in [3.05, 3.63) is 64.7 Å². The zero-order chi connectivity index (χ0) is 20.6. The van der Waals surface area contributed by atoms with E-state index in [0.717, 1.165) is 36.9 Å². The second-order valence-corrected chi connectivity index (χ2v) is 8.27. The predicted molar refractivity (Wildman–Crippen MR) is 119 cm³/mol. The van der Waals surface area contributed by atoms with E-state index in [1.54, 1.807) is 0 Å². The van der Waals surface area contributed by atoms with Gasteiger partial charge < -0.3 is 14.5 Å². The second-order valence-electron chi connectivity index (χ2n) is 7.84. The van der Waals surface area contributed by atoms with Gasteiger partial charge in [0, 0.05) is 30.2 Å². The van der Waals surface area contributed by atoms with Crippen molar-refractivity contribution in [2.75, 3.05) is 32.8 Å². The molecule has 2 aromatic rings. The average Bonchev–Trinajstić information content (AvgIpc) is 2.73. The predicted octanol–water partition coefficient (Wildman–Crippen LogP) is 5.11. The molecule has 1 amide bonds. The van der Waals surface area contributed by atoms with Crippen molar-refractivity contribution in [1.29, 1.82) is 0 Å².